The van der Waals surface area contributed by atoms with E-state index >= 15 is 0 Å². The van der Waals surface area contributed by atoms with Crippen molar-refractivity contribution in [2.75, 3.05) is 19.6 Å². The molecule has 3 nitrogen and oxygen atoms in total. The molecular formula is C13H23N3S. The van der Waals surface area contributed by atoms with E-state index in [4.69, 9.17) is 5.73 Å². The van der Waals surface area contributed by atoms with Crippen LogP contribution in [0.25, 0.3) is 0 Å². The van der Waals surface area contributed by atoms with Crippen molar-refractivity contribution >= 4 is 11.3 Å². The molecule has 17 heavy (non-hydrogen) atoms. The van der Waals surface area contributed by atoms with Gasteiger partial charge in [0.15, 0.2) is 0 Å². The molecule has 1 aliphatic heterocycles. The predicted molar refractivity (Wildman–Crippen MR) is 73.2 cm³/mol. The average Bonchev–Trinajstić information content (AvgIpc) is 2.78. The van der Waals surface area contributed by atoms with Gasteiger partial charge in [0.2, 0.25) is 0 Å². The second-order valence-electron chi connectivity index (χ2n) is 4.90. The van der Waals surface area contributed by atoms with E-state index in [2.05, 4.69) is 22.2 Å². The molecule has 1 aromatic heterocycles. The Morgan fingerprint density at radius 2 is 2.24 bits per heavy atom. The molecule has 1 saturated heterocycles. The number of likely N-dealkylation sites (tertiary alicyclic amines) is 1. The highest BCUT2D eigenvalue weighted by Gasteiger charge is 2.18. The molecule has 0 aliphatic carbocycles. The number of piperidine rings is 1. The van der Waals surface area contributed by atoms with Crippen LogP contribution in [0.1, 0.15) is 36.9 Å². The molecule has 4 heteroatoms. The van der Waals surface area contributed by atoms with Crippen LogP contribution in [-0.2, 0) is 13.0 Å². The number of thiazole rings is 1. The zero-order valence-electron chi connectivity index (χ0n) is 10.7. The Kier molecular flexibility index (Phi) is 4.95. The Morgan fingerprint density at radius 1 is 1.47 bits per heavy atom. The van der Waals surface area contributed by atoms with Crippen LogP contribution in [-0.4, -0.2) is 29.5 Å². The van der Waals surface area contributed by atoms with E-state index in [0.717, 1.165) is 18.9 Å². The minimum absolute atomic E-state index is 0.703. The molecule has 0 amide bonds. The third kappa shape index (κ3) is 3.76. The maximum Gasteiger partial charge on any atom is 0.0941 e. The lowest BCUT2D eigenvalue weighted by atomic mass is 9.94. The summed E-state index contributed by atoms with van der Waals surface area (Å²) in [4.78, 5) is 7.17. The van der Waals surface area contributed by atoms with Gasteiger partial charge in [-0.15, -0.1) is 11.3 Å². The minimum Gasteiger partial charge on any atom is -0.330 e. The number of hydrogen-bond acceptors (Lipinski definition) is 4. The summed E-state index contributed by atoms with van der Waals surface area (Å²) >= 11 is 1.75. The van der Waals surface area contributed by atoms with Gasteiger partial charge in [-0.05, 0) is 38.4 Å². The molecule has 0 spiro atoms. The first-order chi connectivity index (χ1) is 8.31. The van der Waals surface area contributed by atoms with Gasteiger partial charge < -0.3 is 5.73 Å². The average molecular weight is 253 g/mol. The zero-order chi connectivity index (χ0) is 12.1. The first-order valence-corrected chi connectivity index (χ1v) is 7.55. The lowest BCUT2D eigenvalue weighted by Gasteiger charge is -2.30. The molecule has 1 aromatic rings. The Balaban J connectivity index is 1.80. The zero-order valence-corrected chi connectivity index (χ0v) is 11.5. The molecule has 1 fully saturated rings. The maximum atomic E-state index is 5.54. The summed E-state index contributed by atoms with van der Waals surface area (Å²) in [6.07, 6.45) is 4.97. The Morgan fingerprint density at radius 3 is 2.88 bits per heavy atom. The van der Waals surface area contributed by atoms with Crippen LogP contribution in [0.3, 0.4) is 0 Å². The first kappa shape index (κ1) is 13.0. The smallest absolute Gasteiger partial charge is 0.0941 e. The topological polar surface area (TPSA) is 42.1 Å². The SMILES string of the molecule is CCC1CCN(Cc2csc(CCN)n2)CC1. The van der Waals surface area contributed by atoms with Crippen LogP contribution in [0.15, 0.2) is 5.38 Å². The maximum absolute atomic E-state index is 5.54. The molecule has 0 atom stereocenters. The van der Waals surface area contributed by atoms with E-state index < -0.39 is 0 Å². The van der Waals surface area contributed by atoms with Crippen LogP contribution in [0.2, 0.25) is 0 Å². The van der Waals surface area contributed by atoms with E-state index in [9.17, 15) is 0 Å². The Bertz CT molecular complexity index is 329. The fourth-order valence-corrected chi connectivity index (χ4v) is 3.25. The van der Waals surface area contributed by atoms with Crippen LogP contribution >= 0.6 is 11.3 Å². The van der Waals surface area contributed by atoms with Crippen molar-refractivity contribution in [3.8, 4) is 0 Å². The van der Waals surface area contributed by atoms with E-state index in [1.165, 1.54) is 43.1 Å². The molecule has 1 aliphatic rings. The van der Waals surface area contributed by atoms with Crippen molar-refractivity contribution in [1.29, 1.82) is 0 Å². The highest BCUT2D eigenvalue weighted by molar-refractivity contribution is 7.09. The molecule has 0 aromatic carbocycles. The van der Waals surface area contributed by atoms with Gasteiger partial charge in [0, 0.05) is 18.3 Å². The van der Waals surface area contributed by atoms with Crippen molar-refractivity contribution < 1.29 is 0 Å². The largest absolute Gasteiger partial charge is 0.330 e. The summed E-state index contributed by atoms with van der Waals surface area (Å²) in [5.41, 5.74) is 6.77. The summed E-state index contributed by atoms with van der Waals surface area (Å²) in [5, 5.41) is 3.38. The van der Waals surface area contributed by atoms with Crippen molar-refractivity contribution in [2.45, 2.75) is 39.2 Å². The monoisotopic (exact) mass is 253 g/mol. The van der Waals surface area contributed by atoms with Crippen LogP contribution in [0.4, 0.5) is 0 Å². The highest BCUT2D eigenvalue weighted by atomic mass is 32.1. The van der Waals surface area contributed by atoms with Crippen LogP contribution in [0.5, 0.6) is 0 Å². The molecule has 0 radical (unpaired) electrons. The fourth-order valence-electron chi connectivity index (χ4n) is 2.44. The second kappa shape index (κ2) is 6.47. The van der Waals surface area contributed by atoms with Crippen molar-refractivity contribution in [2.24, 2.45) is 11.7 Å². The normalized spacial score (nSPS) is 18.7. The fraction of sp³-hybridized carbons (Fsp3) is 0.769. The Labute approximate surface area is 108 Å². The predicted octanol–water partition coefficient (Wildman–Crippen LogP) is 2.27. The van der Waals surface area contributed by atoms with Gasteiger partial charge in [0.25, 0.3) is 0 Å². The van der Waals surface area contributed by atoms with Gasteiger partial charge in [-0.3, -0.25) is 4.90 Å². The second-order valence-corrected chi connectivity index (χ2v) is 5.84. The molecular weight excluding hydrogens is 230 g/mol. The van der Waals surface area contributed by atoms with Gasteiger partial charge in [-0.25, -0.2) is 4.98 Å². The third-order valence-corrected chi connectivity index (χ3v) is 4.59. The molecule has 2 rings (SSSR count). The van der Waals surface area contributed by atoms with Crippen molar-refractivity contribution in [3.63, 3.8) is 0 Å². The molecule has 0 saturated carbocycles. The summed E-state index contributed by atoms with van der Waals surface area (Å²) in [7, 11) is 0. The lowest BCUT2D eigenvalue weighted by molar-refractivity contribution is 0.173. The number of nitrogens with zero attached hydrogens (tertiary/aromatic N) is 2. The standard InChI is InChI=1S/C13H23N3S/c1-2-11-4-7-16(8-5-11)9-12-10-17-13(15-12)3-6-14/h10-11H,2-9,14H2,1H3. The summed E-state index contributed by atoms with van der Waals surface area (Å²) in [6, 6.07) is 0. The third-order valence-electron chi connectivity index (χ3n) is 3.63. The van der Waals surface area contributed by atoms with E-state index in [-0.39, 0.29) is 0 Å². The first-order valence-electron chi connectivity index (χ1n) is 6.67. The summed E-state index contributed by atoms with van der Waals surface area (Å²) in [5.74, 6) is 0.953. The Hall–Kier alpha value is -0.450. The van der Waals surface area contributed by atoms with E-state index in [0.29, 0.717) is 6.54 Å². The molecule has 0 unspecified atom stereocenters. The van der Waals surface area contributed by atoms with Gasteiger partial charge in [0.05, 0.1) is 10.7 Å². The number of hydrogen-bond donors (Lipinski definition) is 1. The van der Waals surface area contributed by atoms with Crippen molar-refractivity contribution in [3.05, 3.63) is 16.1 Å². The van der Waals surface area contributed by atoms with E-state index in [1.807, 2.05) is 0 Å². The van der Waals surface area contributed by atoms with Crippen molar-refractivity contribution in [1.82, 2.24) is 9.88 Å². The molecule has 2 N–H and O–H groups in total. The summed E-state index contributed by atoms with van der Waals surface area (Å²) < 4.78 is 0. The molecule has 96 valence electrons. The van der Waals surface area contributed by atoms with Crippen LogP contribution < -0.4 is 5.73 Å². The number of nitrogens with two attached hydrogens (primary N) is 1. The van der Waals surface area contributed by atoms with Crippen LogP contribution in [0, 0.1) is 5.92 Å². The van der Waals surface area contributed by atoms with Gasteiger partial charge in [-0.1, -0.05) is 13.3 Å². The van der Waals surface area contributed by atoms with Gasteiger partial charge >= 0.3 is 0 Å². The lowest BCUT2D eigenvalue weighted by Crippen LogP contribution is -2.33. The quantitative estimate of drug-likeness (QED) is 0.875. The minimum atomic E-state index is 0.703. The molecule has 0 bridgehead atoms. The number of rotatable bonds is 5. The molecule has 2 heterocycles. The highest BCUT2D eigenvalue weighted by Crippen LogP contribution is 2.21. The summed E-state index contributed by atoms with van der Waals surface area (Å²) in [6.45, 7) is 6.51. The number of aromatic nitrogens is 1. The van der Waals surface area contributed by atoms with Gasteiger partial charge in [-0.2, -0.15) is 0 Å². The van der Waals surface area contributed by atoms with Gasteiger partial charge in [0.1, 0.15) is 0 Å². The van der Waals surface area contributed by atoms with E-state index in [1.54, 1.807) is 11.3 Å².